The molecule has 0 aliphatic carbocycles. The second-order valence-corrected chi connectivity index (χ2v) is 7.80. The van der Waals surface area contributed by atoms with Crippen molar-refractivity contribution in [3.63, 3.8) is 0 Å². The summed E-state index contributed by atoms with van der Waals surface area (Å²) < 4.78 is 27.1. The molecule has 6 heteroatoms. The van der Waals surface area contributed by atoms with E-state index < -0.39 is 5.92 Å². The van der Waals surface area contributed by atoms with E-state index in [4.69, 9.17) is 0 Å². The lowest BCUT2D eigenvalue weighted by Crippen LogP contribution is -2.44. The van der Waals surface area contributed by atoms with Gasteiger partial charge in [-0.05, 0) is 19.9 Å². The highest BCUT2D eigenvalue weighted by atomic mass is 19.3. The average Bonchev–Trinajstić information content (AvgIpc) is 2.65. The standard InChI is InChI=1S/C21H36F2N4/c1-3-4-5-6-7-8-9-12-24-17-20(19-15-25-18(2)26-16-19)27-13-10-21(22,23)11-14-27/h15-16,20,24H,3-14,17H2,1-2H3/t20-/m1/s1. The minimum atomic E-state index is -2.52. The first-order valence-electron chi connectivity index (χ1n) is 10.6. The van der Waals surface area contributed by atoms with Crippen LogP contribution in [-0.4, -0.2) is 47.0 Å². The highest BCUT2D eigenvalue weighted by Crippen LogP contribution is 2.32. The van der Waals surface area contributed by atoms with Crippen molar-refractivity contribution < 1.29 is 8.78 Å². The molecule has 0 radical (unpaired) electrons. The Morgan fingerprint density at radius 3 is 2.26 bits per heavy atom. The molecule has 0 bridgehead atoms. The molecular formula is C21H36F2N4. The lowest BCUT2D eigenvalue weighted by molar-refractivity contribution is -0.0633. The number of alkyl halides is 2. The third-order valence-corrected chi connectivity index (χ3v) is 5.45. The van der Waals surface area contributed by atoms with Crippen molar-refractivity contribution in [2.45, 2.75) is 83.6 Å². The Kier molecular flexibility index (Phi) is 9.56. The van der Waals surface area contributed by atoms with Crippen LogP contribution in [0.25, 0.3) is 0 Å². The largest absolute Gasteiger partial charge is 0.315 e. The highest BCUT2D eigenvalue weighted by Gasteiger charge is 2.36. The summed E-state index contributed by atoms with van der Waals surface area (Å²) in [5, 5.41) is 3.53. The predicted octanol–water partition coefficient (Wildman–Crippen LogP) is 4.90. The van der Waals surface area contributed by atoms with Gasteiger partial charge in [-0.3, -0.25) is 4.90 Å². The normalized spacial score (nSPS) is 18.5. The summed E-state index contributed by atoms with van der Waals surface area (Å²) in [6.07, 6.45) is 12.6. The Morgan fingerprint density at radius 1 is 1.04 bits per heavy atom. The van der Waals surface area contributed by atoms with E-state index in [-0.39, 0.29) is 18.9 Å². The van der Waals surface area contributed by atoms with Gasteiger partial charge in [0.15, 0.2) is 0 Å². The minimum absolute atomic E-state index is 0.0613. The average molecular weight is 383 g/mol. The summed E-state index contributed by atoms with van der Waals surface area (Å²) in [5.41, 5.74) is 1.01. The first-order chi connectivity index (χ1) is 13.0. The molecule has 0 aromatic carbocycles. The van der Waals surface area contributed by atoms with Crippen LogP contribution in [0.5, 0.6) is 0 Å². The number of nitrogens with zero attached hydrogens (tertiary/aromatic N) is 3. The van der Waals surface area contributed by atoms with Gasteiger partial charge < -0.3 is 5.32 Å². The molecule has 1 aromatic heterocycles. The van der Waals surface area contributed by atoms with Crippen LogP contribution in [0.15, 0.2) is 12.4 Å². The summed E-state index contributed by atoms with van der Waals surface area (Å²) in [4.78, 5) is 10.8. The molecule has 1 fully saturated rings. The Morgan fingerprint density at radius 2 is 1.63 bits per heavy atom. The molecule has 27 heavy (non-hydrogen) atoms. The first-order valence-corrected chi connectivity index (χ1v) is 10.6. The number of hydrogen-bond acceptors (Lipinski definition) is 4. The van der Waals surface area contributed by atoms with E-state index in [1.807, 2.05) is 19.3 Å². The van der Waals surface area contributed by atoms with Crippen molar-refractivity contribution in [3.05, 3.63) is 23.8 Å². The third-order valence-electron chi connectivity index (χ3n) is 5.45. The number of piperidine rings is 1. The number of halogens is 2. The molecule has 0 unspecified atom stereocenters. The summed E-state index contributed by atoms with van der Waals surface area (Å²) in [5.74, 6) is -1.78. The Labute approximate surface area is 163 Å². The van der Waals surface area contributed by atoms with Crippen molar-refractivity contribution in [1.82, 2.24) is 20.2 Å². The maximum Gasteiger partial charge on any atom is 0.250 e. The second kappa shape index (κ2) is 11.6. The van der Waals surface area contributed by atoms with Crippen LogP contribution >= 0.6 is 0 Å². The number of hydrogen-bond donors (Lipinski definition) is 1. The van der Waals surface area contributed by atoms with E-state index in [2.05, 4.69) is 27.1 Å². The van der Waals surface area contributed by atoms with Gasteiger partial charge in [-0.2, -0.15) is 0 Å². The van der Waals surface area contributed by atoms with Gasteiger partial charge in [0.25, 0.3) is 5.92 Å². The molecule has 0 spiro atoms. The molecule has 0 amide bonds. The Hall–Kier alpha value is -1.14. The van der Waals surface area contributed by atoms with Crippen LogP contribution in [-0.2, 0) is 0 Å². The maximum atomic E-state index is 13.5. The fourth-order valence-corrected chi connectivity index (χ4v) is 3.64. The number of unbranched alkanes of at least 4 members (excludes halogenated alkanes) is 6. The van der Waals surface area contributed by atoms with Gasteiger partial charge in [0.1, 0.15) is 5.82 Å². The first kappa shape index (κ1) is 22.2. The van der Waals surface area contributed by atoms with Crippen molar-refractivity contribution in [1.29, 1.82) is 0 Å². The number of rotatable bonds is 12. The van der Waals surface area contributed by atoms with E-state index in [0.29, 0.717) is 13.1 Å². The maximum absolute atomic E-state index is 13.5. The van der Waals surface area contributed by atoms with Crippen LogP contribution < -0.4 is 5.32 Å². The van der Waals surface area contributed by atoms with Gasteiger partial charge in [-0.25, -0.2) is 18.7 Å². The molecule has 4 nitrogen and oxygen atoms in total. The second-order valence-electron chi connectivity index (χ2n) is 7.80. The van der Waals surface area contributed by atoms with E-state index >= 15 is 0 Å². The number of nitrogens with one attached hydrogen (secondary N) is 1. The lowest BCUT2D eigenvalue weighted by atomic mass is 10.0. The third kappa shape index (κ3) is 8.18. The fourth-order valence-electron chi connectivity index (χ4n) is 3.64. The van der Waals surface area contributed by atoms with E-state index in [9.17, 15) is 8.78 Å². The van der Waals surface area contributed by atoms with Gasteiger partial charge >= 0.3 is 0 Å². The van der Waals surface area contributed by atoms with E-state index in [1.165, 1.54) is 44.9 Å². The van der Waals surface area contributed by atoms with Crippen LogP contribution in [0.3, 0.4) is 0 Å². The van der Waals surface area contributed by atoms with Crippen LogP contribution in [0, 0.1) is 6.92 Å². The molecular weight excluding hydrogens is 346 g/mol. The van der Waals surface area contributed by atoms with Crippen molar-refractivity contribution in [2.24, 2.45) is 0 Å². The van der Waals surface area contributed by atoms with Crippen molar-refractivity contribution >= 4 is 0 Å². The van der Waals surface area contributed by atoms with E-state index in [1.54, 1.807) is 0 Å². The van der Waals surface area contributed by atoms with Crippen molar-refractivity contribution in [2.75, 3.05) is 26.2 Å². The highest BCUT2D eigenvalue weighted by molar-refractivity contribution is 5.12. The molecule has 2 heterocycles. The van der Waals surface area contributed by atoms with E-state index in [0.717, 1.165) is 24.5 Å². The lowest BCUT2D eigenvalue weighted by Gasteiger charge is -2.37. The minimum Gasteiger partial charge on any atom is -0.315 e. The topological polar surface area (TPSA) is 41.1 Å². The molecule has 2 rings (SSSR count). The molecule has 1 aliphatic heterocycles. The summed E-state index contributed by atoms with van der Waals surface area (Å²) in [6, 6.07) is 0.0613. The van der Waals surface area contributed by atoms with Gasteiger partial charge in [-0.1, -0.05) is 45.4 Å². The number of aromatic nitrogens is 2. The summed E-state index contributed by atoms with van der Waals surface area (Å²) in [6.45, 7) is 6.67. The number of likely N-dealkylation sites (tertiary alicyclic amines) is 1. The molecule has 1 atom stereocenters. The zero-order chi connectivity index (χ0) is 19.5. The molecule has 0 saturated carbocycles. The van der Waals surface area contributed by atoms with Gasteiger partial charge in [0.2, 0.25) is 0 Å². The van der Waals surface area contributed by atoms with Crippen LogP contribution in [0.1, 0.15) is 82.1 Å². The monoisotopic (exact) mass is 382 g/mol. The van der Waals surface area contributed by atoms with Crippen molar-refractivity contribution in [3.8, 4) is 0 Å². The van der Waals surface area contributed by atoms with Crippen LogP contribution in [0.2, 0.25) is 0 Å². The Balaban J connectivity index is 1.78. The SMILES string of the molecule is CCCCCCCCCNC[C@H](c1cnc(C)nc1)N1CCC(F)(F)CC1. The smallest absolute Gasteiger partial charge is 0.250 e. The molecule has 1 aliphatic rings. The molecule has 1 aromatic rings. The summed E-state index contributed by atoms with van der Waals surface area (Å²) in [7, 11) is 0. The Bertz CT molecular complexity index is 511. The van der Waals surface area contributed by atoms with Gasteiger partial charge in [-0.15, -0.1) is 0 Å². The quantitative estimate of drug-likeness (QED) is 0.522. The fraction of sp³-hybridized carbons (Fsp3) is 0.810. The zero-order valence-corrected chi connectivity index (χ0v) is 17.0. The van der Waals surface area contributed by atoms with Gasteiger partial charge in [0.05, 0.1) is 6.04 Å². The summed E-state index contributed by atoms with van der Waals surface area (Å²) >= 11 is 0. The molecule has 154 valence electrons. The predicted molar refractivity (Wildman–Crippen MR) is 106 cm³/mol. The number of aryl methyl sites for hydroxylation is 1. The van der Waals surface area contributed by atoms with Crippen LogP contribution in [0.4, 0.5) is 8.78 Å². The van der Waals surface area contributed by atoms with Gasteiger partial charge in [0, 0.05) is 50.4 Å². The molecule has 1 saturated heterocycles. The zero-order valence-electron chi connectivity index (χ0n) is 17.0. The molecule has 1 N–H and O–H groups in total.